The van der Waals surface area contributed by atoms with Crippen molar-refractivity contribution in [3.8, 4) is 0 Å². The van der Waals surface area contributed by atoms with Crippen molar-refractivity contribution in [1.29, 1.82) is 0 Å². The van der Waals surface area contributed by atoms with Crippen LogP contribution in [0.3, 0.4) is 0 Å². The van der Waals surface area contributed by atoms with Crippen LogP contribution in [0, 0.1) is 0 Å². The Morgan fingerprint density at radius 2 is 2.10 bits per heavy atom. The Kier molecular flexibility index (Phi) is 9.13. The molecule has 0 heterocycles. The third-order valence-corrected chi connectivity index (χ3v) is 4.97. The van der Waals surface area contributed by atoms with Gasteiger partial charge in [-0.25, -0.2) is 4.79 Å². The Morgan fingerprint density at radius 1 is 1.40 bits per heavy atom. The minimum atomic E-state index is -1.23. The molecule has 0 saturated heterocycles. The van der Waals surface area contributed by atoms with Crippen molar-refractivity contribution in [3.05, 3.63) is 57.4 Å². The zero-order valence-electron chi connectivity index (χ0n) is 16.3. The maximum atomic E-state index is 12.3. The smallest absolute Gasteiger partial charge is 0.407 e. The van der Waals surface area contributed by atoms with Crippen molar-refractivity contribution in [2.24, 2.45) is 5.11 Å². The van der Waals surface area contributed by atoms with E-state index in [0.29, 0.717) is 0 Å². The fourth-order valence-corrected chi connectivity index (χ4v) is 3.40. The number of azide groups is 1. The molecule has 2 N–H and O–H groups in total. The Labute approximate surface area is 181 Å². The van der Waals surface area contributed by atoms with Gasteiger partial charge in [0, 0.05) is 16.3 Å². The highest BCUT2D eigenvalue weighted by Gasteiger charge is 2.47. The van der Waals surface area contributed by atoms with Gasteiger partial charge in [-0.3, -0.25) is 4.79 Å². The number of alkyl carbamates (subject to hydrolysis) is 1. The minimum absolute atomic E-state index is 0.0306. The summed E-state index contributed by atoms with van der Waals surface area (Å²) in [4.78, 5) is 26.7. The molecule has 1 aliphatic carbocycles. The molecule has 1 aliphatic rings. The van der Waals surface area contributed by atoms with Gasteiger partial charge in [-0.1, -0.05) is 39.3 Å². The lowest BCUT2D eigenvalue weighted by Gasteiger charge is -2.42. The number of hydrogen-bond donors (Lipinski definition) is 2. The highest BCUT2D eigenvalue weighted by molar-refractivity contribution is 9.10. The van der Waals surface area contributed by atoms with Crippen LogP contribution in [-0.4, -0.2) is 54.2 Å². The molecule has 1 aromatic rings. The summed E-state index contributed by atoms with van der Waals surface area (Å²) in [6.07, 6.45) is -2.54. The number of carbonyl (C=O) groups is 2. The van der Waals surface area contributed by atoms with Crippen LogP contribution >= 0.6 is 15.9 Å². The lowest BCUT2D eigenvalue weighted by molar-refractivity contribution is -0.174. The van der Waals surface area contributed by atoms with Crippen LogP contribution in [0.25, 0.3) is 10.4 Å². The zero-order chi connectivity index (χ0) is 22.1. The Hall–Kier alpha value is -2.59. The fourth-order valence-electron chi connectivity index (χ4n) is 3.13. The van der Waals surface area contributed by atoms with Crippen LogP contribution in [0.2, 0.25) is 0 Å². The molecule has 0 bridgehead atoms. The molecule has 162 valence electrons. The third kappa shape index (κ3) is 6.74. The molecule has 5 atom stereocenters. The largest absolute Gasteiger partial charge is 0.457 e. The van der Waals surface area contributed by atoms with E-state index >= 15 is 0 Å². The Morgan fingerprint density at radius 3 is 2.70 bits per heavy atom. The van der Waals surface area contributed by atoms with Crippen LogP contribution in [0.5, 0.6) is 0 Å². The van der Waals surface area contributed by atoms with E-state index < -0.39 is 42.5 Å². The topological polar surface area (TPSA) is 143 Å². The molecule has 0 aromatic heterocycles. The van der Waals surface area contributed by atoms with Crippen molar-refractivity contribution in [2.45, 2.75) is 50.3 Å². The van der Waals surface area contributed by atoms with E-state index in [1.54, 1.807) is 12.1 Å². The van der Waals surface area contributed by atoms with Crippen LogP contribution in [0.1, 0.15) is 18.9 Å². The highest BCUT2D eigenvalue weighted by atomic mass is 79.9. The standard InChI is InChI=1S/C19H23BrN4O6/c1-3-8-28-18-16(26)14(23-24-21)9-15(17(18)30-11(2)25)22-19(27)29-10-12-4-6-13(20)7-5-12/h3-7,14-18,26H,1,8-10H2,2H3,(H,22,27)/t14-,15+,16+,17-,18-/m0/s1. The quantitative estimate of drug-likeness (QED) is 0.191. The molecular formula is C19H23BrN4O6. The van der Waals surface area contributed by atoms with Gasteiger partial charge in [-0.2, -0.15) is 0 Å². The lowest BCUT2D eigenvalue weighted by Crippen LogP contribution is -2.62. The van der Waals surface area contributed by atoms with Gasteiger partial charge in [0.1, 0.15) is 12.7 Å². The number of nitrogens with one attached hydrogen (secondary N) is 1. The summed E-state index contributed by atoms with van der Waals surface area (Å²) in [6, 6.07) is 5.54. The maximum absolute atomic E-state index is 12.3. The van der Waals surface area contributed by atoms with Crippen molar-refractivity contribution >= 4 is 28.0 Å². The summed E-state index contributed by atoms with van der Waals surface area (Å²) in [5.74, 6) is -0.614. The number of carbonyl (C=O) groups excluding carboxylic acids is 2. The first-order valence-electron chi connectivity index (χ1n) is 9.15. The van der Waals surface area contributed by atoms with Crippen LogP contribution in [0.4, 0.5) is 4.79 Å². The summed E-state index contributed by atoms with van der Waals surface area (Å²) < 4.78 is 17.0. The zero-order valence-corrected chi connectivity index (χ0v) is 17.9. The van der Waals surface area contributed by atoms with Gasteiger partial charge in [-0.15, -0.1) is 6.58 Å². The molecule has 2 rings (SSSR count). The first kappa shape index (κ1) is 23.7. The second kappa shape index (κ2) is 11.6. The summed E-state index contributed by atoms with van der Waals surface area (Å²) in [6.45, 7) is 4.85. The van der Waals surface area contributed by atoms with Crippen molar-refractivity contribution in [2.75, 3.05) is 6.61 Å². The van der Waals surface area contributed by atoms with Gasteiger partial charge < -0.3 is 24.6 Å². The van der Waals surface area contributed by atoms with E-state index in [1.807, 2.05) is 12.1 Å². The van der Waals surface area contributed by atoms with Gasteiger partial charge in [-0.05, 0) is 29.6 Å². The van der Waals surface area contributed by atoms with Gasteiger partial charge in [0.25, 0.3) is 0 Å². The second-order valence-corrected chi connectivity index (χ2v) is 7.53. The number of aliphatic hydroxyl groups excluding tert-OH is 1. The Bertz CT molecular complexity index is 799. The molecule has 0 spiro atoms. The number of aliphatic hydroxyl groups is 1. The number of rotatable bonds is 8. The molecule has 1 saturated carbocycles. The van der Waals surface area contributed by atoms with Crippen molar-refractivity contribution < 1.29 is 28.9 Å². The molecule has 10 nitrogen and oxygen atoms in total. The van der Waals surface area contributed by atoms with E-state index in [1.165, 1.54) is 13.0 Å². The first-order valence-corrected chi connectivity index (χ1v) is 9.94. The number of halogens is 1. The number of hydrogen-bond acceptors (Lipinski definition) is 7. The molecule has 11 heteroatoms. The van der Waals surface area contributed by atoms with E-state index in [4.69, 9.17) is 19.7 Å². The fraction of sp³-hybridized carbons (Fsp3) is 0.474. The molecule has 1 fully saturated rings. The monoisotopic (exact) mass is 482 g/mol. The van der Waals surface area contributed by atoms with E-state index in [9.17, 15) is 14.7 Å². The van der Waals surface area contributed by atoms with Gasteiger partial charge in [0.2, 0.25) is 0 Å². The number of benzene rings is 1. The van der Waals surface area contributed by atoms with Crippen molar-refractivity contribution in [1.82, 2.24) is 5.32 Å². The average Bonchev–Trinajstić information content (AvgIpc) is 2.70. The van der Waals surface area contributed by atoms with Gasteiger partial charge in [0.05, 0.1) is 24.8 Å². The predicted octanol–water partition coefficient (Wildman–Crippen LogP) is 2.99. The molecule has 1 amide bonds. The maximum Gasteiger partial charge on any atom is 0.407 e. The van der Waals surface area contributed by atoms with E-state index in [2.05, 4.69) is 37.9 Å². The molecular weight excluding hydrogens is 460 g/mol. The number of ether oxygens (including phenoxy) is 3. The van der Waals surface area contributed by atoms with E-state index in [-0.39, 0.29) is 19.6 Å². The lowest BCUT2D eigenvalue weighted by atomic mass is 9.84. The van der Waals surface area contributed by atoms with Crippen LogP contribution in [0.15, 0.2) is 46.5 Å². The van der Waals surface area contributed by atoms with Gasteiger partial charge in [0.15, 0.2) is 6.10 Å². The number of esters is 1. The highest BCUT2D eigenvalue weighted by Crippen LogP contribution is 2.28. The normalized spacial score (nSPS) is 25.5. The van der Waals surface area contributed by atoms with Crippen molar-refractivity contribution in [3.63, 3.8) is 0 Å². The second-order valence-electron chi connectivity index (χ2n) is 6.61. The Balaban J connectivity index is 2.13. The first-order chi connectivity index (χ1) is 14.3. The summed E-state index contributed by atoms with van der Waals surface area (Å²) in [5.41, 5.74) is 9.58. The molecule has 0 radical (unpaired) electrons. The summed E-state index contributed by atoms with van der Waals surface area (Å²) in [5, 5.41) is 16.7. The molecule has 30 heavy (non-hydrogen) atoms. The third-order valence-electron chi connectivity index (χ3n) is 4.44. The number of amides is 1. The molecule has 1 aromatic carbocycles. The summed E-state index contributed by atoms with van der Waals surface area (Å²) >= 11 is 3.33. The number of nitrogens with zero attached hydrogens (tertiary/aromatic N) is 3. The van der Waals surface area contributed by atoms with Gasteiger partial charge >= 0.3 is 12.1 Å². The van der Waals surface area contributed by atoms with Crippen LogP contribution < -0.4 is 5.32 Å². The van der Waals surface area contributed by atoms with Crippen LogP contribution in [-0.2, 0) is 25.6 Å². The molecule has 0 aliphatic heterocycles. The SMILES string of the molecule is C=CCO[C@H]1[C@H](O)[C@@H](N=[N+]=[N-])C[C@@H](NC(=O)OCc2ccc(Br)cc2)[C@@H]1OC(C)=O. The average molecular weight is 483 g/mol. The van der Waals surface area contributed by atoms with E-state index in [0.717, 1.165) is 10.0 Å². The predicted molar refractivity (Wildman–Crippen MR) is 110 cm³/mol. The molecule has 0 unspecified atom stereocenters. The minimum Gasteiger partial charge on any atom is -0.457 e. The summed E-state index contributed by atoms with van der Waals surface area (Å²) in [7, 11) is 0.